The number of hydrogen-bond acceptors (Lipinski definition) is 2. The summed E-state index contributed by atoms with van der Waals surface area (Å²) in [6, 6.07) is 14.6. The van der Waals surface area contributed by atoms with Crippen LogP contribution in [0.5, 0.6) is 0 Å². The third kappa shape index (κ3) is 4.79. The van der Waals surface area contributed by atoms with E-state index in [1.54, 1.807) is 12.1 Å². The van der Waals surface area contributed by atoms with Crippen LogP contribution in [0.1, 0.15) is 24.7 Å². The Bertz CT molecular complexity index is 827. The fraction of sp³-hybridized carbons (Fsp3) is 0.300. The molecule has 26 heavy (non-hydrogen) atoms. The highest BCUT2D eigenvalue weighted by atomic mass is 32.1. The molecular formula is C20H23FN4S. The Morgan fingerprint density at radius 3 is 2.69 bits per heavy atom. The van der Waals surface area contributed by atoms with E-state index in [1.165, 1.54) is 12.1 Å². The number of halogens is 1. The first-order valence-electron chi connectivity index (χ1n) is 8.86. The van der Waals surface area contributed by atoms with Crippen molar-refractivity contribution in [1.82, 2.24) is 20.2 Å². The molecule has 0 radical (unpaired) electrons. The van der Waals surface area contributed by atoms with Crippen LogP contribution in [0.15, 0.2) is 48.5 Å². The Morgan fingerprint density at radius 2 is 1.96 bits per heavy atom. The van der Waals surface area contributed by atoms with Crippen molar-refractivity contribution in [1.29, 1.82) is 0 Å². The molecule has 0 spiro atoms. The second-order valence-corrected chi connectivity index (χ2v) is 6.62. The van der Waals surface area contributed by atoms with Crippen LogP contribution in [0.4, 0.5) is 4.39 Å². The van der Waals surface area contributed by atoms with Gasteiger partial charge in [-0.05, 0) is 48.5 Å². The molecule has 6 heteroatoms. The maximum atomic E-state index is 13.2. The summed E-state index contributed by atoms with van der Waals surface area (Å²) in [5.41, 5.74) is 3.04. The number of imidazole rings is 1. The average Bonchev–Trinajstić information content (AvgIpc) is 3.07. The van der Waals surface area contributed by atoms with Crippen molar-refractivity contribution >= 4 is 28.4 Å². The van der Waals surface area contributed by atoms with Gasteiger partial charge in [-0.2, -0.15) is 0 Å². The molecule has 2 aromatic carbocycles. The zero-order valence-electron chi connectivity index (χ0n) is 14.8. The number of nitrogens with zero attached hydrogens (tertiary/aromatic N) is 2. The first-order valence-corrected chi connectivity index (χ1v) is 9.27. The maximum absolute atomic E-state index is 13.2. The molecule has 0 amide bonds. The van der Waals surface area contributed by atoms with Gasteiger partial charge in [-0.3, -0.25) is 0 Å². The molecule has 4 nitrogen and oxygen atoms in total. The van der Waals surface area contributed by atoms with E-state index in [9.17, 15) is 4.39 Å². The molecule has 0 aliphatic heterocycles. The second kappa shape index (κ2) is 8.76. The standard InChI is InChI=1S/C20H23FN4S/c1-2-12-22-20(26)25(14-15-7-9-16(21)10-8-15)13-11-19-23-17-5-3-4-6-18(17)24-19/h3-10H,2,11-14H2,1H3,(H,22,26)(H,23,24). The van der Waals surface area contributed by atoms with Crippen LogP contribution < -0.4 is 5.32 Å². The van der Waals surface area contributed by atoms with Gasteiger partial charge in [-0.15, -0.1) is 0 Å². The van der Waals surface area contributed by atoms with E-state index in [0.29, 0.717) is 11.7 Å². The number of thiocarbonyl (C=S) groups is 1. The average molecular weight is 370 g/mol. The summed E-state index contributed by atoms with van der Waals surface area (Å²) in [6.45, 7) is 4.31. The van der Waals surface area contributed by atoms with Crippen molar-refractivity contribution in [2.24, 2.45) is 0 Å². The minimum absolute atomic E-state index is 0.228. The van der Waals surface area contributed by atoms with Gasteiger partial charge >= 0.3 is 0 Å². The summed E-state index contributed by atoms with van der Waals surface area (Å²) in [7, 11) is 0. The Labute approximate surface area is 158 Å². The minimum Gasteiger partial charge on any atom is -0.363 e. The predicted molar refractivity (Wildman–Crippen MR) is 107 cm³/mol. The summed E-state index contributed by atoms with van der Waals surface area (Å²) in [6.07, 6.45) is 1.76. The van der Waals surface area contributed by atoms with Crippen molar-refractivity contribution in [3.05, 3.63) is 65.7 Å². The lowest BCUT2D eigenvalue weighted by atomic mass is 10.2. The number of fused-ring (bicyclic) bond motifs is 1. The normalized spacial score (nSPS) is 10.8. The first-order chi connectivity index (χ1) is 12.7. The number of benzene rings is 2. The van der Waals surface area contributed by atoms with Crippen LogP contribution in [0, 0.1) is 5.82 Å². The van der Waals surface area contributed by atoms with Gasteiger partial charge in [0.05, 0.1) is 11.0 Å². The van der Waals surface area contributed by atoms with Gasteiger partial charge < -0.3 is 15.2 Å². The van der Waals surface area contributed by atoms with Crippen LogP contribution >= 0.6 is 12.2 Å². The molecule has 0 bridgehead atoms. The smallest absolute Gasteiger partial charge is 0.169 e. The monoisotopic (exact) mass is 370 g/mol. The third-order valence-electron chi connectivity index (χ3n) is 4.16. The fourth-order valence-corrected chi connectivity index (χ4v) is 3.03. The molecule has 0 aliphatic rings. The molecule has 0 aliphatic carbocycles. The van der Waals surface area contributed by atoms with E-state index < -0.39 is 0 Å². The minimum atomic E-state index is -0.228. The molecule has 0 saturated carbocycles. The van der Waals surface area contributed by atoms with E-state index in [-0.39, 0.29) is 5.82 Å². The zero-order valence-corrected chi connectivity index (χ0v) is 15.7. The number of H-pyrrole nitrogens is 1. The van der Waals surface area contributed by atoms with Crippen LogP contribution in [0.3, 0.4) is 0 Å². The number of hydrogen-bond donors (Lipinski definition) is 2. The van der Waals surface area contributed by atoms with Crippen LogP contribution in [-0.4, -0.2) is 33.1 Å². The highest BCUT2D eigenvalue weighted by Crippen LogP contribution is 2.12. The maximum Gasteiger partial charge on any atom is 0.169 e. The quantitative estimate of drug-likeness (QED) is 0.616. The van der Waals surface area contributed by atoms with Gasteiger partial charge in [0.2, 0.25) is 0 Å². The Balaban J connectivity index is 1.69. The van der Waals surface area contributed by atoms with Gasteiger partial charge in [0.1, 0.15) is 11.6 Å². The predicted octanol–water partition coefficient (Wildman–Crippen LogP) is 4.03. The number of nitrogens with one attached hydrogen (secondary N) is 2. The van der Waals surface area contributed by atoms with E-state index in [0.717, 1.165) is 48.4 Å². The Morgan fingerprint density at radius 1 is 1.19 bits per heavy atom. The van der Waals surface area contributed by atoms with E-state index in [4.69, 9.17) is 12.2 Å². The molecule has 3 aromatic rings. The summed E-state index contributed by atoms with van der Waals surface area (Å²) in [4.78, 5) is 10.1. The molecule has 0 fully saturated rings. The van der Waals surface area contributed by atoms with Crippen molar-refractivity contribution < 1.29 is 4.39 Å². The zero-order chi connectivity index (χ0) is 18.4. The molecule has 0 saturated heterocycles. The highest BCUT2D eigenvalue weighted by Gasteiger charge is 2.12. The van der Waals surface area contributed by atoms with Crippen molar-refractivity contribution in [2.75, 3.05) is 13.1 Å². The van der Waals surface area contributed by atoms with E-state index >= 15 is 0 Å². The number of para-hydroxylation sites is 2. The van der Waals surface area contributed by atoms with Gasteiger partial charge in [0, 0.05) is 26.1 Å². The lowest BCUT2D eigenvalue weighted by Crippen LogP contribution is -2.40. The SMILES string of the molecule is CCCNC(=S)N(CCc1nc2ccccc2[nH]1)Cc1ccc(F)cc1. The third-order valence-corrected chi connectivity index (χ3v) is 4.56. The van der Waals surface area contributed by atoms with Gasteiger partial charge in [-0.1, -0.05) is 31.2 Å². The number of rotatable bonds is 7. The second-order valence-electron chi connectivity index (χ2n) is 6.23. The van der Waals surface area contributed by atoms with Crippen molar-refractivity contribution in [2.45, 2.75) is 26.3 Å². The highest BCUT2D eigenvalue weighted by molar-refractivity contribution is 7.80. The Hall–Kier alpha value is -2.47. The molecule has 1 aromatic heterocycles. The summed E-state index contributed by atoms with van der Waals surface area (Å²) in [5, 5.41) is 3.99. The van der Waals surface area contributed by atoms with E-state index in [2.05, 4.69) is 27.1 Å². The van der Waals surface area contributed by atoms with E-state index in [1.807, 2.05) is 24.3 Å². The van der Waals surface area contributed by atoms with Gasteiger partial charge in [0.25, 0.3) is 0 Å². The summed E-state index contributed by atoms with van der Waals surface area (Å²) >= 11 is 5.56. The van der Waals surface area contributed by atoms with Crippen LogP contribution in [-0.2, 0) is 13.0 Å². The summed E-state index contributed by atoms with van der Waals surface area (Å²) in [5.74, 6) is 0.711. The topological polar surface area (TPSA) is 44.0 Å². The largest absolute Gasteiger partial charge is 0.363 e. The molecule has 3 rings (SSSR count). The molecule has 0 unspecified atom stereocenters. The molecule has 136 valence electrons. The van der Waals surface area contributed by atoms with Gasteiger partial charge in [-0.25, -0.2) is 9.37 Å². The van der Waals surface area contributed by atoms with Gasteiger partial charge in [0.15, 0.2) is 5.11 Å². The number of aromatic amines is 1. The van der Waals surface area contributed by atoms with Crippen LogP contribution in [0.2, 0.25) is 0 Å². The number of aromatic nitrogens is 2. The summed E-state index contributed by atoms with van der Waals surface area (Å²) < 4.78 is 13.2. The Kier molecular flexibility index (Phi) is 6.17. The van der Waals surface area contributed by atoms with Crippen LogP contribution in [0.25, 0.3) is 11.0 Å². The lowest BCUT2D eigenvalue weighted by Gasteiger charge is -2.25. The molecular weight excluding hydrogens is 347 g/mol. The fourth-order valence-electron chi connectivity index (χ4n) is 2.77. The van der Waals surface area contributed by atoms with Crippen molar-refractivity contribution in [3.8, 4) is 0 Å². The van der Waals surface area contributed by atoms with Crippen molar-refractivity contribution in [3.63, 3.8) is 0 Å². The first kappa shape index (κ1) is 18.3. The molecule has 1 heterocycles. The lowest BCUT2D eigenvalue weighted by molar-refractivity contribution is 0.406. The molecule has 0 atom stereocenters. The molecule has 2 N–H and O–H groups in total.